The van der Waals surface area contributed by atoms with E-state index in [2.05, 4.69) is 13.8 Å². The highest BCUT2D eigenvalue weighted by Gasteiger charge is 2.35. The van der Waals surface area contributed by atoms with E-state index in [4.69, 9.17) is 9.84 Å². The molecule has 8 nitrogen and oxygen atoms in total. The summed E-state index contributed by atoms with van der Waals surface area (Å²) in [6.07, 6.45) is 8.42. The predicted molar refractivity (Wildman–Crippen MR) is 124 cm³/mol. The molecule has 0 bridgehead atoms. The molecule has 0 aliphatic carbocycles. The van der Waals surface area contributed by atoms with Gasteiger partial charge in [0.1, 0.15) is 17.4 Å². The zero-order valence-corrected chi connectivity index (χ0v) is 19.7. The second-order valence-electron chi connectivity index (χ2n) is 7.91. The van der Waals surface area contributed by atoms with E-state index in [-0.39, 0.29) is 11.3 Å². The minimum Gasteiger partial charge on any atom is -0.507 e. The lowest BCUT2D eigenvalue weighted by Crippen LogP contribution is -2.44. The average molecular weight is 462 g/mol. The molecule has 2 N–H and O–H groups in total. The second kappa shape index (κ2) is 14.8. The zero-order valence-electron chi connectivity index (χ0n) is 19.7. The summed E-state index contributed by atoms with van der Waals surface area (Å²) >= 11 is 0. The molecular formula is C25H35NO7. The molecule has 0 saturated carbocycles. The van der Waals surface area contributed by atoms with E-state index >= 15 is 0 Å². The van der Waals surface area contributed by atoms with E-state index < -0.39 is 29.8 Å². The average Bonchev–Trinajstić information content (AvgIpc) is 3.12. The van der Waals surface area contributed by atoms with Crippen LogP contribution in [0.5, 0.6) is 5.75 Å². The van der Waals surface area contributed by atoms with Crippen LogP contribution in [-0.2, 0) is 19.1 Å². The van der Waals surface area contributed by atoms with Crippen LogP contribution in [0.3, 0.4) is 0 Å². The largest absolute Gasteiger partial charge is 0.507 e. The first-order valence-corrected chi connectivity index (χ1v) is 11.5. The Hall–Kier alpha value is -3.16. The third kappa shape index (κ3) is 9.08. The maximum absolute atomic E-state index is 11.8. The molecule has 0 fully saturated rings. The number of amides is 2. The third-order valence-electron chi connectivity index (χ3n) is 5.39. The molecule has 8 heteroatoms. The number of phenols is 1. The number of aliphatic carboxylic acids is 1. The summed E-state index contributed by atoms with van der Waals surface area (Å²) in [6, 6.07) is 5.43. The number of esters is 1. The second-order valence-corrected chi connectivity index (χ2v) is 7.91. The Labute approximate surface area is 195 Å². The van der Waals surface area contributed by atoms with Gasteiger partial charge in [-0.15, -0.1) is 0 Å². The molecule has 1 aliphatic rings. The summed E-state index contributed by atoms with van der Waals surface area (Å²) in [5.41, 5.74) is 0.239. The Morgan fingerprint density at radius 3 is 2.06 bits per heavy atom. The van der Waals surface area contributed by atoms with Crippen LogP contribution in [-0.4, -0.2) is 51.5 Å². The van der Waals surface area contributed by atoms with Crippen molar-refractivity contribution in [2.24, 2.45) is 5.92 Å². The molecule has 0 saturated heterocycles. The number of phenolic OH excluding ortho intramolecular Hbond substituents is 1. The normalized spacial score (nSPS) is 14.5. The lowest BCUT2D eigenvalue weighted by molar-refractivity contribution is -0.153. The summed E-state index contributed by atoms with van der Waals surface area (Å²) in [6.45, 7) is 6.61. The van der Waals surface area contributed by atoms with Crippen LogP contribution in [0.1, 0.15) is 76.1 Å². The minimum absolute atomic E-state index is 0.0240. The molecule has 1 aromatic rings. The lowest BCUT2D eigenvalue weighted by Gasteiger charge is -2.21. The fraction of sp³-hybridized carbons (Fsp3) is 0.520. The van der Waals surface area contributed by atoms with Crippen LogP contribution in [0, 0.1) is 5.92 Å². The van der Waals surface area contributed by atoms with Crippen molar-refractivity contribution in [3.05, 3.63) is 42.0 Å². The van der Waals surface area contributed by atoms with E-state index in [0.29, 0.717) is 25.4 Å². The Morgan fingerprint density at radius 1 is 0.970 bits per heavy atom. The Bertz CT molecular complexity index is 816. The summed E-state index contributed by atoms with van der Waals surface area (Å²) in [7, 11) is 0. The third-order valence-corrected chi connectivity index (χ3v) is 5.39. The molecular weight excluding hydrogens is 426 g/mol. The highest BCUT2D eigenvalue weighted by Crippen LogP contribution is 2.19. The van der Waals surface area contributed by atoms with Gasteiger partial charge in [-0.1, -0.05) is 65.0 Å². The number of carboxylic acid groups (broad SMARTS) is 1. The van der Waals surface area contributed by atoms with Gasteiger partial charge in [0.05, 0.1) is 6.61 Å². The van der Waals surface area contributed by atoms with E-state index in [1.165, 1.54) is 6.07 Å². The van der Waals surface area contributed by atoms with E-state index in [1.807, 2.05) is 6.92 Å². The summed E-state index contributed by atoms with van der Waals surface area (Å²) < 4.78 is 5.26. The molecule has 33 heavy (non-hydrogen) atoms. The quantitative estimate of drug-likeness (QED) is 0.351. The summed E-state index contributed by atoms with van der Waals surface area (Å²) in [4.78, 5) is 46.0. The van der Waals surface area contributed by atoms with Crippen LogP contribution >= 0.6 is 0 Å². The number of ether oxygens (including phenoxy) is 1. The molecule has 1 aliphatic heterocycles. The van der Waals surface area contributed by atoms with E-state index in [9.17, 15) is 24.3 Å². The van der Waals surface area contributed by atoms with Crippen LogP contribution in [0.15, 0.2) is 36.4 Å². The number of hydrogen-bond acceptors (Lipinski definition) is 6. The van der Waals surface area contributed by atoms with Crippen LogP contribution in [0.2, 0.25) is 0 Å². The predicted octanol–water partition coefficient (Wildman–Crippen LogP) is 4.32. The number of nitrogens with zero attached hydrogens (tertiary/aromatic N) is 1. The van der Waals surface area contributed by atoms with Crippen LogP contribution in [0.4, 0.5) is 0 Å². The fourth-order valence-electron chi connectivity index (χ4n) is 3.30. The van der Waals surface area contributed by atoms with Crippen LogP contribution in [0.25, 0.3) is 0 Å². The number of para-hydroxylation sites is 1. The first kappa shape index (κ1) is 27.9. The van der Waals surface area contributed by atoms with Crippen molar-refractivity contribution >= 4 is 23.8 Å². The number of imide groups is 1. The van der Waals surface area contributed by atoms with Gasteiger partial charge in [-0.05, 0) is 30.9 Å². The highest BCUT2D eigenvalue weighted by atomic mass is 16.5. The van der Waals surface area contributed by atoms with Crippen LogP contribution < -0.4 is 0 Å². The maximum Gasteiger partial charge on any atom is 0.341 e. The number of aromatic hydroxyl groups is 1. The fourth-order valence-corrected chi connectivity index (χ4v) is 3.30. The molecule has 0 radical (unpaired) electrons. The maximum atomic E-state index is 11.8. The van der Waals surface area contributed by atoms with E-state index in [0.717, 1.165) is 49.2 Å². The van der Waals surface area contributed by atoms with Crippen molar-refractivity contribution < 1.29 is 34.1 Å². The van der Waals surface area contributed by atoms with Gasteiger partial charge in [-0.3, -0.25) is 14.5 Å². The van der Waals surface area contributed by atoms with Gasteiger partial charge in [0, 0.05) is 12.2 Å². The van der Waals surface area contributed by atoms with Crippen molar-refractivity contribution in [3.8, 4) is 5.75 Å². The molecule has 2 amide bonds. The monoisotopic (exact) mass is 461 g/mol. The van der Waals surface area contributed by atoms with Gasteiger partial charge in [-0.2, -0.15) is 0 Å². The van der Waals surface area contributed by atoms with Gasteiger partial charge in [0.15, 0.2) is 0 Å². The number of unbranched alkanes of at least 4 members (excludes halogenated alkanes) is 2. The van der Waals surface area contributed by atoms with Gasteiger partial charge < -0.3 is 14.9 Å². The van der Waals surface area contributed by atoms with Crippen molar-refractivity contribution in [2.75, 3.05) is 6.61 Å². The molecule has 1 heterocycles. The molecule has 1 aromatic carbocycles. The number of hydrogen-bond donors (Lipinski definition) is 2. The molecule has 2 atom stereocenters. The minimum atomic E-state index is -1.13. The lowest BCUT2D eigenvalue weighted by atomic mass is 10.0. The molecule has 2 rings (SSSR count). The topological polar surface area (TPSA) is 121 Å². The Balaban J connectivity index is 0.000000335. The summed E-state index contributed by atoms with van der Waals surface area (Å²) in [5, 5.41) is 18.5. The molecule has 2 unspecified atom stereocenters. The number of carbonyl (C=O) groups excluding carboxylic acids is 3. The first-order chi connectivity index (χ1) is 15.8. The summed E-state index contributed by atoms with van der Waals surface area (Å²) in [5.74, 6) is -2.26. The molecule has 182 valence electrons. The molecule has 0 spiro atoms. The van der Waals surface area contributed by atoms with Crippen molar-refractivity contribution in [3.63, 3.8) is 0 Å². The Kier molecular flexibility index (Phi) is 12.5. The van der Waals surface area contributed by atoms with Crippen molar-refractivity contribution in [1.29, 1.82) is 0 Å². The SMILES string of the molecule is CCCCC(C(=O)O)N1C(=O)C=CC1=O.CCCCC(CC)COC(=O)c1ccccc1O. The smallest absolute Gasteiger partial charge is 0.341 e. The standard InChI is InChI=1S/C15H22O3.C10H13NO4/c1-3-5-8-12(4-2)11-18-15(17)13-9-6-7-10-14(13)16;1-2-3-4-7(10(14)15)11-8(12)5-6-9(11)13/h6-7,9-10,12,16H,3-5,8,11H2,1-2H3;5-7H,2-4H2,1H3,(H,14,15). The van der Waals surface area contributed by atoms with Crippen molar-refractivity contribution in [1.82, 2.24) is 4.90 Å². The number of carboxylic acids is 1. The number of rotatable bonds is 12. The van der Waals surface area contributed by atoms with E-state index in [1.54, 1.807) is 18.2 Å². The van der Waals surface area contributed by atoms with Gasteiger partial charge in [0.25, 0.3) is 11.8 Å². The van der Waals surface area contributed by atoms with Gasteiger partial charge >= 0.3 is 11.9 Å². The van der Waals surface area contributed by atoms with Crippen molar-refractivity contribution in [2.45, 2.75) is 71.8 Å². The zero-order chi connectivity index (χ0) is 24.8. The number of carbonyl (C=O) groups is 4. The Morgan fingerprint density at radius 2 is 1.55 bits per heavy atom. The molecule has 0 aromatic heterocycles. The van der Waals surface area contributed by atoms with Gasteiger partial charge in [0.2, 0.25) is 0 Å². The highest BCUT2D eigenvalue weighted by molar-refractivity contribution is 6.14. The first-order valence-electron chi connectivity index (χ1n) is 11.5. The number of benzene rings is 1. The van der Waals surface area contributed by atoms with Gasteiger partial charge in [-0.25, -0.2) is 9.59 Å².